The number of carbonyl (C=O) groups is 2. The summed E-state index contributed by atoms with van der Waals surface area (Å²) in [6.45, 7) is 1.82. The monoisotopic (exact) mass is 330 g/mol. The van der Waals surface area contributed by atoms with Crippen molar-refractivity contribution in [2.75, 3.05) is 5.32 Å². The third-order valence-corrected chi connectivity index (χ3v) is 3.46. The van der Waals surface area contributed by atoms with E-state index in [1.165, 1.54) is 22.7 Å². The second kappa shape index (κ2) is 5.65. The maximum absolute atomic E-state index is 12.3. The Bertz CT molecular complexity index is 936. The van der Waals surface area contributed by atoms with Crippen LogP contribution in [0.25, 0.3) is 5.78 Å². The fourth-order valence-electron chi connectivity index (χ4n) is 1.96. The minimum Gasteiger partial charge on any atom is -0.366 e. The third kappa shape index (κ3) is 2.84. The SMILES string of the molecule is Cc1ccnc2nc(C(=O)Nc3cc(C(N)=O)ccc3Cl)nn12. The van der Waals surface area contributed by atoms with E-state index < -0.39 is 11.8 Å². The number of fused-ring (bicyclic) bond motifs is 1. The van der Waals surface area contributed by atoms with Crippen LogP contribution in [0.3, 0.4) is 0 Å². The molecule has 2 amide bonds. The van der Waals surface area contributed by atoms with Crippen molar-refractivity contribution in [3.8, 4) is 0 Å². The number of aryl methyl sites for hydroxylation is 1. The van der Waals surface area contributed by atoms with Crippen molar-refractivity contribution in [1.29, 1.82) is 0 Å². The highest BCUT2D eigenvalue weighted by Gasteiger charge is 2.16. The molecule has 116 valence electrons. The van der Waals surface area contributed by atoms with Crippen molar-refractivity contribution in [2.24, 2.45) is 5.73 Å². The van der Waals surface area contributed by atoms with Crippen LogP contribution in [0.5, 0.6) is 0 Å². The number of nitrogens with two attached hydrogens (primary N) is 1. The van der Waals surface area contributed by atoms with Crippen LogP contribution in [0, 0.1) is 6.92 Å². The van der Waals surface area contributed by atoms with Crippen LogP contribution in [0.15, 0.2) is 30.5 Å². The second-order valence-electron chi connectivity index (χ2n) is 4.75. The zero-order chi connectivity index (χ0) is 16.6. The lowest BCUT2D eigenvalue weighted by Crippen LogP contribution is -2.16. The van der Waals surface area contributed by atoms with E-state index in [1.54, 1.807) is 12.3 Å². The Morgan fingerprint density at radius 1 is 1.30 bits per heavy atom. The van der Waals surface area contributed by atoms with E-state index in [4.69, 9.17) is 17.3 Å². The zero-order valence-corrected chi connectivity index (χ0v) is 12.7. The van der Waals surface area contributed by atoms with E-state index in [9.17, 15) is 9.59 Å². The summed E-state index contributed by atoms with van der Waals surface area (Å²) in [6.07, 6.45) is 1.58. The average molecular weight is 331 g/mol. The summed E-state index contributed by atoms with van der Waals surface area (Å²) >= 11 is 6.01. The van der Waals surface area contributed by atoms with Crippen LogP contribution in [-0.2, 0) is 0 Å². The molecule has 0 atom stereocenters. The van der Waals surface area contributed by atoms with Gasteiger partial charge in [0.05, 0.1) is 10.7 Å². The van der Waals surface area contributed by atoms with Crippen LogP contribution in [0.2, 0.25) is 5.02 Å². The number of benzene rings is 1. The quantitative estimate of drug-likeness (QED) is 0.753. The van der Waals surface area contributed by atoms with Gasteiger partial charge in [-0.05, 0) is 31.2 Å². The predicted octanol–water partition coefficient (Wildman–Crippen LogP) is 1.44. The Morgan fingerprint density at radius 3 is 2.78 bits per heavy atom. The Kier molecular flexibility index (Phi) is 3.67. The normalized spacial score (nSPS) is 10.7. The molecule has 3 N–H and O–H groups in total. The van der Waals surface area contributed by atoms with Crippen molar-refractivity contribution in [3.05, 3.63) is 52.6 Å². The van der Waals surface area contributed by atoms with Crippen LogP contribution in [0.4, 0.5) is 5.69 Å². The molecule has 0 saturated carbocycles. The van der Waals surface area contributed by atoms with E-state index in [0.717, 1.165) is 5.69 Å². The summed E-state index contributed by atoms with van der Waals surface area (Å²) in [5.41, 5.74) is 6.47. The van der Waals surface area contributed by atoms with E-state index in [0.29, 0.717) is 5.78 Å². The van der Waals surface area contributed by atoms with E-state index in [1.807, 2.05) is 6.92 Å². The highest BCUT2D eigenvalue weighted by Crippen LogP contribution is 2.23. The van der Waals surface area contributed by atoms with Crippen LogP contribution in [-0.4, -0.2) is 31.4 Å². The average Bonchev–Trinajstić information content (AvgIpc) is 2.95. The summed E-state index contributed by atoms with van der Waals surface area (Å²) in [6, 6.07) is 6.08. The molecule has 0 unspecified atom stereocenters. The molecule has 0 fully saturated rings. The highest BCUT2D eigenvalue weighted by atomic mass is 35.5. The Balaban J connectivity index is 1.93. The molecule has 1 aromatic carbocycles. The minimum absolute atomic E-state index is 0.0626. The van der Waals surface area contributed by atoms with E-state index in [2.05, 4.69) is 20.4 Å². The van der Waals surface area contributed by atoms with Crippen molar-refractivity contribution < 1.29 is 9.59 Å². The molecule has 3 aromatic rings. The maximum atomic E-state index is 12.3. The van der Waals surface area contributed by atoms with Gasteiger partial charge in [-0.1, -0.05) is 11.6 Å². The predicted molar refractivity (Wildman–Crippen MR) is 83.4 cm³/mol. The lowest BCUT2D eigenvalue weighted by Gasteiger charge is -2.06. The van der Waals surface area contributed by atoms with Crippen molar-refractivity contribution in [3.63, 3.8) is 0 Å². The van der Waals surface area contributed by atoms with Gasteiger partial charge in [-0.3, -0.25) is 9.59 Å². The van der Waals surface area contributed by atoms with Gasteiger partial charge in [0.2, 0.25) is 11.7 Å². The lowest BCUT2D eigenvalue weighted by atomic mass is 10.2. The van der Waals surface area contributed by atoms with Crippen LogP contribution >= 0.6 is 11.6 Å². The molecule has 0 saturated heterocycles. The molecule has 0 aliphatic rings. The van der Waals surface area contributed by atoms with Gasteiger partial charge in [-0.15, -0.1) is 5.10 Å². The fraction of sp³-hybridized carbons (Fsp3) is 0.0714. The van der Waals surface area contributed by atoms with Gasteiger partial charge in [0.1, 0.15) is 0 Å². The smallest absolute Gasteiger partial charge is 0.295 e. The number of halogens is 1. The summed E-state index contributed by atoms with van der Waals surface area (Å²) in [5.74, 6) is -0.944. The molecule has 3 rings (SSSR count). The molecule has 0 aliphatic carbocycles. The maximum Gasteiger partial charge on any atom is 0.295 e. The van der Waals surface area contributed by atoms with Crippen molar-refractivity contribution in [2.45, 2.75) is 6.92 Å². The summed E-state index contributed by atoms with van der Waals surface area (Å²) in [4.78, 5) is 31.6. The van der Waals surface area contributed by atoms with E-state index >= 15 is 0 Å². The molecule has 8 nitrogen and oxygen atoms in total. The number of nitrogens with one attached hydrogen (secondary N) is 1. The number of rotatable bonds is 3. The zero-order valence-electron chi connectivity index (χ0n) is 11.9. The molecule has 0 radical (unpaired) electrons. The summed E-state index contributed by atoms with van der Waals surface area (Å²) in [5, 5.41) is 6.91. The van der Waals surface area contributed by atoms with Crippen molar-refractivity contribution >= 4 is 34.9 Å². The fourth-order valence-corrected chi connectivity index (χ4v) is 2.12. The van der Waals surface area contributed by atoms with Crippen LogP contribution < -0.4 is 11.1 Å². The first-order valence-corrected chi connectivity index (χ1v) is 6.92. The molecule has 9 heteroatoms. The standard InChI is InChI=1S/C14H11ClN6O2/c1-7-4-5-17-14-19-12(20-21(7)14)13(23)18-10-6-8(11(16)22)2-3-9(10)15/h2-6H,1H3,(H2,16,22)(H,18,23). The number of aromatic nitrogens is 4. The molecule has 0 spiro atoms. The molecule has 23 heavy (non-hydrogen) atoms. The number of hydrogen-bond donors (Lipinski definition) is 2. The molecular weight excluding hydrogens is 320 g/mol. The molecule has 0 bridgehead atoms. The highest BCUT2D eigenvalue weighted by molar-refractivity contribution is 6.34. The van der Waals surface area contributed by atoms with Gasteiger partial charge < -0.3 is 11.1 Å². The molecular formula is C14H11ClN6O2. The largest absolute Gasteiger partial charge is 0.366 e. The number of amides is 2. The third-order valence-electron chi connectivity index (χ3n) is 3.13. The van der Waals surface area contributed by atoms with Gasteiger partial charge in [-0.25, -0.2) is 9.50 Å². The molecule has 2 heterocycles. The first-order valence-electron chi connectivity index (χ1n) is 6.55. The minimum atomic E-state index is -0.622. The first kappa shape index (κ1) is 14.9. The lowest BCUT2D eigenvalue weighted by molar-refractivity contribution is 0.0994. The van der Waals surface area contributed by atoms with Gasteiger partial charge in [0.25, 0.3) is 11.7 Å². The topological polar surface area (TPSA) is 115 Å². The summed E-state index contributed by atoms with van der Waals surface area (Å²) < 4.78 is 1.45. The van der Waals surface area contributed by atoms with Crippen molar-refractivity contribution in [1.82, 2.24) is 19.6 Å². The first-order chi connectivity index (χ1) is 11.0. The second-order valence-corrected chi connectivity index (χ2v) is 5.15. The molecule has 0 aliphatic heterocycles. The number of anilines is 1. The van der Waals surface area contributed by atoms with Gasteiger partial charge in [0.15, 0.2) is 0 Å². The Labute approximate surface area is 135 Å². The van der Waals surface area contributed by atoms with Gasteiger partial charge in [-0.2, -0.15) is 4.98 Å². The number of carbonyl (C=O) groups excluding carboxylic acids is 2. The number of nitrogens with zero attached hydrogens (tertiary/aromatic N) is 4. The Morgan fingerprint density at radius 2 is 2.09 bits per heavy atom. The van der Waals surface area contributed by atoms with E-state index in [-0.39, 0.29) is 22.1 Å². The van der Waals surface area contributed by atoms with Gasteiger partial charge in [0, 0.05) is 17.5 Å². The number of hydrogen-bond acceptors (Lipinski definition) is 5. The molecule has 2 aromatic heterocycles. The van der Waals surface area contributed by atoms with Gasteiger partial charge >= 0.3 is 0 Å². The Hall–Kier alpha value is -3.00. The number of primary amides is 1. The van der Waals surface area contributed by atoms with Crippen LogP contribution in [0.1, 0.15) is 26.7 Å². The summed E-state index contributed by atoms with van der Waals surface area (Å²) in [7, 11) is 0.